The van der Waals surface area contributed by atoms with Gasteiger partial charge in [-0.05, 0) is 42.1 Å². The molecule has 40 heavy (non-hydrogen) atoms. The Bertz CT molecular complexity index is 1730. The van der Waals surface area contributed by atoms with E-state index in [1.54, 1.807) is 11.8 Å². The van der Waals surface area contributed by atoms with Crippen molar-refractivity contribution in [2.45, 2.75) is 36.4 Å². The van der Waals surface area contributed by atoms with Gasteiger partial charge in [-0.2, -0.15) is 0 Å². The van der Waals surface area contributed by atoms with Crippen LogP contribution in [0.15, 0.2) is 95.5 Å². The van der Waals surface area contributed by atoms with Crippen LogP contribution in [0, 0.1) is 0 Å². The summed E-state index contributed by atoms with van der Waals surface area (Å²) >= 11 is 3.06. The molecular formula is C31H26N6OS2. The average Bonchev–Trinajstić information content (AvgIpc) is 3.80. The first-order valence-corrected chi connectivity index (χ1v) is 15.1. The van der Waals surface area contributed by atoms with E-state index in [2.05, 4.69) is 74.8 Å². The van der Waals surface area contributed by atoms with Gasteiger partial charge in [-0.1, -0.05) is 89.0 Å². The lowest BCUT2D eigenvalue weighted by Crippen LogP contribution is -2.16. The molecule has 9 heteroatoms. The van der Waals surface area contributed by atoms with E-state index < -0.39 is 0 Å². The monoisotopic (exact) mass is 562 g/mol. The number of pyridine rings is 1. The minimum Gasteiger partial charge on any atom is -0.376 e. The molecule has 1 fully saturated rings. The minimum absolute atomic E-state index is 0.154. The molecule has 0 spiro atoms. The molecule has 0 bridgehead atoms. The van der Waals surface area contributed by atoms with Crippen molar-refractivity contribution in [3.8, 4) is 33.9 Å². The van der Waals surface area contributed by atoms with Gasteiger partial charge in [-0.25, -0.2) is 4.98 Å². The van der Waals surface area contributed by atoms with Crippen LogP contribution < -0.4 is 0 Å². The number of thioether (sulfide) groups is 1. The third-order valence-corrected chi connectivity index (χ3v) is 8.67. The predicted octanol–water partition coefficient (Wildman–Crippen LogP) is 7.15. The normalized spacial score (nSPS) is 15.2. The van der Waals surface area contributed by atoms with E-state index in [-0.39, 0.29) is 6.10 Å². The second-order valence-electron chi connectivity index (χ2n) is 9.77. The molecule has 1 saturated heterocycles. The summed E-state index contributed by atoms with van der Waals surface area (Å²) in [6.07, 6.45) is 2.28. The van der Waals surface area contributed by atoms with Gasteiger partial charge in [0.2, 0.25) is 0 Å². The molecule has 1 aliphatic heterocycles. The molecule has 3 aromatic carbocycles. The predicted molar refractivity (Wildman–Crippen MR) is 160 cm³/mol. The van der Waals surface area contributed by atoms with Crippen molar-refractivity contribution in [3.05, 3.63) is 95.9 Å². The summed E-state index contributed by atoms with van der Waals surface area (Å²) < 4.78 is 12.3. The van der Waals surface area contributed by atoms with E-state index in [1.165, 1.54) is 17.1 Å². The van der Waals surface area contributed by atoms with Crippen molar-refractivity contribution in [1.29, 1.82) is 0 Å². The Morgan fingerprint density at radius 1 is 0.875 bits per heavy atom. The Balaban J connectivity index is 1.25. The van der Waals surface area contributed by atoms with Crippen LogP contribution in [0.3, 0.4) is 0 Å². The molecule has 0 radical (unpaired) electrons. The zero-order valence-electron chi connectivity index (χ0n) is 21.7. The summed E-state index contributed by atoms with van der Waals surface area (Å²) in [6, 6.07) is 29.2. The highest BCUT2D eigenvalue weighted by Gasteiger charge is 2.23. The zero-order valence-corrected chi connectivity index (χ0v) is 23.3. The second-order valence-corrected chi connectivity index (χ2v) is 11.3. The third-order valence-electron chi connectivity index (χ3n) is 7.13. The lowest BCUT2D eigenvalue weighted by Gasteiger charge is -2.16. The number of benzene rings is 3. The Morgan fingerprint density at radius 3 is 2.50 bits per heavy atom. The van der Waals surface area contributed by atoms with Crippen LogP contribution in [-0.2, 0) is 17.0 Å². The molecule has 7 nitrogen and oxygen atoms in total. The number of nitrogens with zero attached hydrogens (tertiary/aromatic N) is 6. The summed E-state index contributed by atoms with van der Waals surface area (Å²) in [6.45, 7) is 1.53. The van der Waals surface area contributed by atoms with E-state index in [9.17, 15) is 0 Å². The molecule has 0 saturated carbocycles. The standard InChI is InChI=1S/C31H26N6OS2/c1-2-7-22(8-3-1)28-17-26(25-10-4-5-11-27(25)32-28)30-34-35-31(37(30)18-24-9-6-16-38-24)39-19-21-12-14-23(15-13-21)29-20-40-36-33-29/h1-5,7-8,10-15,17,20,24H,6,9,16,18-19H2. The Kier molecular flexibility index (Phi) is 7.08. The topological polar surface area (TPSA) is 78.6 Å². The van der Waals surface area contributed by atoms with Crippen molar-refractivity contribution in [3.63, 3.8) is 0 Å². The highest BCUT2D eigenvalue weighted by molar-refractivity contribution is 7.98. The molecule has 1 atom stereocenters. The van der Waals surface area contributed by atoms with Gasteiger partial charge >= 0.3 is 0 Å². The van der Waals surface area contributed by atoms with Crippen LogP contribution in [-0.4, -0.2) is 42.0 Å². The maximum Gasteiger partial charge on any atom is 0.191 e. The maximum atomic E-state index is 6.06. The maximum absolute atomic E-state index is 6.06. The smallest absolute Gasteiger partial charge is 0.191 e. The number of hydrogen-bond donors (Lipinski definition) is 0. The van der Waals surface area contributed by atoms with Gasteiger partial charge in [0.15, 0.2) is 11.0 Å². The SMILES string of the molecule is c1ccc(-c2cc(-c3nnc(SCc4ccc(-c5csnn5)cc4)n3CC3CCCO3)c3ccccc3n2)cc1. The van der Waals surface area contributed by atoms with Crippen molar-refractivity contribution >= 4 is 34.2 Å². The van der Waals surface area contributed by atoms with Gasteiger partial charge in [-0.15, -0.1) is 15.3 Å². The first kappa shape index (κ1) is 25.1. The Labute approximate surface area is 240 Å². The zero-order chi connectivity index (χ0) is 26.7. The van der Waals surface area contributed by atoms with E-state index >= 15 is 0 Å². The molecule has 198 valence electrons. The fraction of sp³-hybridized carbons (Fsp3) is 0.194. The fourth-order valence-electron chi connectivity index (χ4n) is 5.08. The summed E-state index contributed by atoms with van der Waals surface area (Å²) in [7, 11) is 0. The lowest BCUT2D eigenvalue weighted by atomic mass is 10.0. The van der Waals surface area contributed by atoms with Crippen LogP contribution in [0.1, 0.15) is 18.4 Å². The van der Waals surface area contributed by atoms with Gasteiger partial charge < -0.3 is 4.74 Å². The molecular weight excluding hydrogens is 537 g/mol. The van der Waals surface area contributed by atoms with Crippen molar-refractivity contribution in [2.75, 3.05) is 6.61 Å². The number of fused-ring (bicyclic) bond motifs is 1. The van der Waals surface area contributed by atoms with Crippen molar-refractivity contribution < 1.29 is 4.74 Å². The van der Waals surface area contributed by atoms with Crippen molar-refractivity contribution in [2.24, 2.45) is 0 Å². The van der Waals surface area contributed by atoms with Crippen LogP contribution in [0.25, 0.3) is 44.8 Å². The molecule has 0 aliphatic carbocycles. The second kappa shape index (κ2) is 11.3. The van der Waals surface area contributed by atoms with E-state index in [4.69, 9.17) is 19.9 Å². The minimum atomic E-state index is 0.154. The summed E-state index contributed by atoms with van der Waals surface area (Å²) in [5.41, 5.74) is 7.16. The number of rotatable bonds is 8. The van der Waals surface area contributed by atoms with Crippen LogP contribution in [0.5, 0.6) is 0 Å². The first-order chi connectivity index (χ1) is 19.8. The van der Waals surface area contributed by atoms with Gasteiger partial charge in [0.1, 0.15) is 5.69 Å². The number of hydrogen-bond acceptors (Lipinski definition) is 8. The van der Waals surface area contributed by atoms with Gasteiger partial charge in [0.05, 0.1) is 23.9 Å². The quantitative estimate of drug-likeness (QED) is 0.182. The molecule has 1 unspecified atom stereocenters. The van der Waals surface area contributed by atoms with Gasteiger partial charge in [-0.3, -0.25) is 4.57 Å². The van der Waals surface area contributed by atoms with Crippen LogP contribution in [0.2, 0.25) is 0 Å². The molecule has 0 N–H and O–H groups in total. The van der Waals surface area contributed by atoms with Crippen LogP contribution in [0.4, 0.5) is 0 Å². The van der Waals surface area contributed by atoms with Gasteiger partial charge in [0, 0.05) is 39.8 Å². The summed E-state index contributed by atoms with van der Waals surface area (Å²) in [5.74, 6) is 1.63. The number of ether oxygens (including phenoxy) is 1. The fourth-order valence-corrected chi connectivity index (χ4v) is 6.45. The summed E-state index contributed by atoms with van der Waals surface area (Å²) in [4.78, 5) is 4.98. The average molecular weight is 563 g/mol. The van der Waals surface area contributed by atoms with Crippen LogP contribution >= 0.6 is 23.3 Å². The number of aromatic nitrogens is 6. The first-order valence-electron chi connectivity index (χ1n) is 13.3. The third kappa shape index (κ3) is 5.15. The molecule has 4 heterocycles. The number of para-hydroxylation sites is 1. The van der Waals surface area contributed by atoms with Gasteiger partial charge in [0.25, 0.3) is 0 Å². The molecule has 6 aromatic rings. The molecule has 3 aromatic heterocycles. The van der Waals surface area contributed by atoms with E-state index in [1.807, 2.05) is 29.6 Å². The van der Waals surface area contributed by atoms with E-state index in [0.29, 0.717) is 0 Å². The Morgan fingerprint density at radius 2 is 1.70 bits per heavy atom. The lowest BCUT2D eigenvalue weighted by molar-refractivity contribution is 0.0953. The largest absolute Gasteiger partial charge is 0.376 e. The van der Waals surface area contributed by atoms with E-state index in [0.717, 1.165) is 81.7 Å². The highest BCUT2D eigenvalue weighted by Crippen LogP contribution is 2.34. The highest BCUT2D eigenvalue weighted by atomic mass is 32.2. The molecule has 7 rings (SSSR count). The summed E-state index contributed by atoms with van der Waals surface area (Å²) in [5, 5.41) is 17.6. The molecule has 0 amide bonds. The Hall–Kier alpha value is -3.92. The molecule has 1 aliphatic rings. The van der Waals surface area contributed by atoms with Crippen molar-refractivity contribution in [1.82, 2.24) is 29.3 Å².